The van der Waals surface area contributed by atoms with Crippen LogP contribution in [0, 0.1) is 5.82 Å². The van der Waals surface area contributed by atoms with Crippen LogP contribution < -0.4 is 5.32 Å². The van der Waals surface area contributed by atoms with Gasteiger partial charge in [0.15, 0.2) is 0 Å². The molecule has 0 saturated heterocycles. The first-order valence-electron chi connectivity index (χ1n) is 6.41. The van der Waals surface area contributed by atoms with Gasteiger partial charge in [0.2, 0.25) is 0 Å². The Morgan fingerprint density at radius 1 is 1.21 bits per heavy atom. The Kier molecular flexibility index (Phi) is 4.59. The van der Waals surface area contributed by atoms with Gasteiger partial charge in [0.05, 0.1) is 0 Å². The molecule has 0 spiro atoms. The van der Waals surface area contributed by atoms with E-state index < -0.39 is 0 Å². The highest BCUT2D eigenvalue weighted by Crippen LogP contribution is 2.28. The summed E-state index contributed by atoms with van der Waals surface area (Å²) in [6, 6.07) is 13.2. The lowest BCUT2D eigenvalue weighted by Gasteiger charge is -2.19. The van der Waals surface area contributed by atoms with Gasteiger partial charge in [-0.1, -0.05) is 47.1 Å². The summed E-state index contributed by atoms with van der Waals surface area (Å²) in [5, 5.41) is 3.49. The maximum Gasteiger partial charge on any atom is 0.124 e. The molecule has 0 aliphatic heterocycles. The van der Waals surface area contributed by atoms with E-state index in [2.05, 4.69) is 47.2 Å². The van der Waals surface area contributed by atoms with Gasteiger partial charge in [0.25, 0.3) is 0 Å². The van der Waals surface area contributed by atoms with Gasteiger partial charge in [0.1, 0.15) is 5.82 Å². The lowest BCUT2D eigenvalue weighted by Crippen LogP contribution is -2.09. The average molecular weight is 322 g/mol. The molecule has 3 heteroatoms. The molecular formula is C16H17BrFN. The second-order valence-electron chi connectivity index (χ2n) is 4.54. The lowest BCUT2D eigenvalue weighted by atomic mass is 10.1. The molecule has 0 radical (unpaired) electrons. The molecule has 0 amide bonds. The molecule has 0 aromatic heterocycles. The van der Waals surface area contributed by atoms with Crippen molar-refractivity contribution in [3.8, 4) is 0 Å². The Hall–Kier alpha value is -1.35. The van der Waals surface area contributed by atoms with Crippen LogP contribution in [0.2, 0.25) is 0 Å². The fraction of sp³-hybridized carbons (Fsp3) is 0.250. The zero-order chi connectivity index (χ0) is 13.8. The summed E-state index contributed by atoms with van der Waals surface area (Å²) in [6.45, 7) is 4.21. The van der Waals surface area contributed by atoms with Crippen molar-refractivity contribution in [2.24, 2.45) is 0 Å². The van der Waals surface area contributed by atoms with E-state index in [1.807, 2.05) is 18.2 Å². The summed E-state index contributed by atoms with van der Waals surface area (Å²) in [6.07, 6.45) is 0.987. The van der Waals surface area contributed by atoms with Gasteiger partial charge in [-0.25, -0.2) is 4.39 Å². The molecule has 19 heavy (non-hydrogen) atoms. The Labute approximate surface area is 122 Å². The molecule has 1 atom stereocenters. The fourth-order valence-electron chi connectivity index (χ4n) is 2.13. The number of anilines is 1. The highest BCUT2D eigenvalue weighted by Gasteiger charge is 2.11. The molecule has 0 aliphatic rings. The minimum absolute atomic E-state index is 0.114. The van der Waals surface area contributed by atoms with Crippen LogP contribution in [0.3, 0.4) is 0 Å². The summed E-state index contributed by atoms with van der Waals surface area (Å²) in [5.41, 5.74) is 3.47. The smallest absolute Gasteiger partial charge is 0.124 e. The van der Waals surface area contributed by atoms with Crippen LogP contribution in [0.4, 0.5) is 10.1 Å². The zero-order valence-corrected chi connectivity index (χ0v) is 12.7. The summed E-state index contributed by atoms with van der Waals surface area (Å²) < 4.78 is 13.9. The van der Waals surface area contributed by atoms with Crippen molar-refractivity contribution in [3.05, 3.63) is 63.9 Å². The highest BCUT2D eigenvalue weighted by molar-refractivity contribution is 9.10. The number of aryl methyl sites for hydroxylation is 1. The first kappa shape index (κ1) is 14.1. The van der Waals surface area contributed by atoms with Crippen molar-refractivity contribution in [1.29, 1.82) is 0 Å². The van der Waals surface area contributed by atoms with Crippen LogP contribution in [0.15, 0.2) is 46.9 Å². The maximum atomic E-state index is 13.1. The van der Waals surface area contributed by atoms with Crippen molar-refractivity contribution in [1.82, 2.24) is 0 Å². The summed E-state index contributed by atoms with van der Waals surface area (Å²) in [7, 11) is 0. The molecule has 100 valence electrons. The Morgan fingerprint density at radius 2 is 1.95 bits per heavy atom. The molecule has 2 aromatic rings. The van der Waals surface area contributed by atoms with Gasteiger partial charge < -0.3 is 5.32 Å². The van der Waals surface area contributed by atoms with E-state index in [0.717, 1.165) is 22.1 Å². The topological polar surface area (TPSA) is 12.0 Å². The number of benzene rings is 2. The van der Waals surface area contributed by atoms with Gasteiger partial charge in [-0.3, -0.25) is 0 Å². The van der Waals surface area contributed by atoms with E-state index in [9.17, 15) is 4.39 Å². The van der Waals surface area contributed by atoms with Crippen LogP contribution >= 0.6 is 15.9 Å². The third-order valence-corrected chi connectivity index (χ3v) is 3.89. The van der Waals surface area contributed by atoms with Crippen LogP contribution in [0.25, 0.3) is 0 Å². The average Bonchev–Trinajstić information content (AvgIpc) is 2.39. The van der Waals surface area contributed by atoms with Crippen LogP contribution in [-0.4, -0.2) is 0 Å². The number of para-hydroxylation sites is 1. The quantitative estimate of drug-likeness (QED) is 0.803. The first-order chi connectivity index (χ1) is 9.11. The fourth-order valence-corrected chi connectivity index (χ4v) is 2.83. The van der Waals surface area contributed by atoms with Crippen LogP contribution in [-0.2, 0) is 6.42 Å². The predicted molar refractivity (Wildman–Crippen MR) is 82.0 cm³/mol. The van der Waals surface area contributed by atoms with Crippen LogP contribution in [0.5, 0.6) is 0 Å². The van der Waals surface area contributed by atoms with E-state index in [-0.39, 0.29) is 11.9 Å². The molecule has 1 unspecified atom stereocenters. The number of rotatable bonds is 4. The van der Waals surface area contributed by atoms with E-state index in [4.69, 9.17) is 0 Å². The summed E-state index contributed by atoms with van der Waals surface area (Å²) in [5.74, 6) is -0.225. The highest BCUT2D eigenvalue weighted by atomic mass is 79.9. The van der Waals surface area contributed by atoms with Gasteiger partial charge in [-0.05, 0) is 42.7 Å². The van der Waals surface area contributed by atoms with Crippen molar-refractivity contribution in [3.63, 3.8) is 0 Å². The van der Waals surface area contributed by atoms with Gasteiger partial charge >= 0.3 is 0 Å². The summed E-state index contributed by atoms with van der Waals surface area (Å²) in [4.78, 5) is 0. The third-order valence-electron chi connectivity index (χ3n) is 3.20. The molecule has 0 heterocycles. The minimum atomic E-state index is -0.225. The lowest BCUT2D eigenvalue weighted by molar-refractivity contribution is 0.625. The van der Waals surface area contributed by atoms with Crippen molar-refractivity contribution >= 4 is 21.6 Å². The SMILES string of the molecule is CCc1ccccc1NC(C)c1ccc(F)cc1Br. The normalized spacial score (nSPS) is 12.2. The molecule has 1 nitrogen and oxygen atoms in total. The van der Waals surface area contributed by atoms with E-state index in [1.165, 1.54) is 17.7 Å². The standard InChI is InChI=1S/C16H17BrFN/c1-3-12-6-4-5-7-16(12)19-11(2)14-9-8-13(18)10-15(14)17/h4-11,19H,3H2,1-2H3. The molecule has 0 bridgehead atoms. The van der Waals surface area contributed by atoms with Gasteiger partial charge in [-0.2, -0.15) is 0 Å². The molecule has 2 aromatic carbocycles. The number of halogens is 2. The van der Waals surface area contributed by atoms with E-state index in [0.29, 0.717) is 0 Å². The van der Waals surface area contributed by atoms with Crippen LogP contribution in [0.1, 0.15) is 31.0 Å². The first-order valence-corrected chi connectivity index (χ1v) is 7.20. The molecule has 0 fully saturated rings. The minimum Gasteiger partial charge on any atom is -0.378 e. The Balaban J connectivity index is 2.23. The zero-order valence-electron chi connectivity index (χ0n) is 11.1. The summed E-state index contributed by atoms with van der Waals surface area (Å²) >= 11 is 3.42. The Bertz CT molecular complexity index is 568. The molecular weight excluding hydrogens is 305 g/mol. The monoisotopic (exact) mass is 321 g/mol. The largest absolute Gasteiger partial charge is 0.378 e. The Morgan fingerprint density at radius 3 is 2.63 bits per heavy atom. The second-order valence-corrected chi connectivity index (χ2v) is 5.40. The number of hydrogen-bond acceptors (Lipinski definition) is 1. The molecule has 0 saturated carbocycles. The number of nitrogens with one attached hydrogen (secondary N) is 1. The third kappa shape index (κ3) is 3.35. The van der Waals surface area contributed by atoms with Gasteiger partial charge in [0, 0.05) is 16.2 Å². The molecule has 0 aliphatic carbocycles. The second kappa shape index (κ2) is 6.20. The van der Waals surface area contributed by atoms with Crippen molar-refractivity contribution < 1.29 is 4.39 Å². The predicted octanol–water partition coefficient (Wildman–Crippen LogP) is 5.32. The number of hydrogen-bond donors (Lipinski definition) is 1. The van der Waals surface area contributed by atoms with Crippen molar-refractivity contribution in [2.75, 3.05) is 5.32 Å². The maximum absolute atomic E-state index is 13.1. The molecule has 1 N–H and O–H groups in total. The van der Waals surface area contributed by atoms with Crippen molar-refractivity contribution in [2.45, 2.75) is 26.3 Å². The van der Waals surface area contributed by atoms with E-state index in [1.54, 1.807) is 0 Å². The molecule has 2 rings (SSSR count). The van der Waals surface area contributed by atoms with E-state index >= 15 is 0 Å². The van der Waals surface area contributed by atoms with Gasteiger partial charge in [-0.15, -0.1) is 0 Å².